The molecule has 1 aliphatic rings. The van der Waals surface area contributed by atoms with E-state index in [2.05, 4.69) is 5.32 Å². The molecule has 0 aliphatic carbocycles. The molecule has 1 N–H and O–H groups in total. The highest BCUT2D eigenvalue weighted by Crippen LogP contribution is 2.41. The Labute approximate surface area is 173 Å². The lowest BCUT2D eigenvalue weighted by atomic mass is 10.0. The number of para-hydroxylation sites is 1. The maximum Gasteiger partial charge on any atom is 0.255 e. The molecule has 0 radical (unpaired) electrons. The number of nitrogens with one attached hydrogen (secondary N) is 1. The Bertz CT molecular complexity index is 1090. The minimum atomic E-state index is -0.699. The van der Waals surface area contributed by atoms with E-state index in [1.54, 1.807) is 24.3 Å². The Morgan fingerprint density at radius 3 is 2.63 bits per heavy atom. The Morgan fingerprint density at radius 1 is 1.10 bits per heavy atom. The summed E-state index contributed by atoms with van der Waals surface area (Å²) in [5, 5.41) is 2.38. The van der Waals surface area contributed by atoms with Gasteiger partial charge in [0.1, 0.15) is 23.8 Å². The third-order valence-electron chi connectivity index (χ3n) is 4.84. The van der Waals surface area contributed by atoms with Crippen molar-refractivity contribution in [2.45, 2.75) is 32.5 Å². The summed E-state index contributed by atoms with van der Waals surface area (Å²) in [6.07, 6.45) is 0.829. The Balaban J connectivity index is 1.41. The van der Waals surface area contributed by atoms with E-state index < -0.39 is 17.5 Å². The third-order valence-corrected chi connectivity index (χ3v) is 4.84. The highest BCUT2D eigenvalue weighted by molar-refractivity contribution is 6.04. The number of carbonyl (C=O) groups is 1. The van der Waals surface area contributed by atoms with E-state index in [9.17, 15) is 13.6 Å². The summed E-state index contributed by atoms with van der Waals surface area (Å²) >= 11 is 0. The molecule has 0 spiro atoms. The molecular weight excluding hydrogens is 388 g/mol. The number of hydrogen-bond acceptors (Lipinski definition) is 3. The van der Waals surface area contributed by atoms with Crippen molar-refractivity contribution >= 4 is 11.6 Å². The maximum absolute atomic E-state index is 13.7. The van der Waals surface area contributed by atoms with E-state index in [0.29, 0.717) is 17.9 Å². The predicted octanol–water partition coefficient (Wildman–Crippen LogP) is 5.51. The van der Waals surface area contributed by atoms with Crippen LogP contribution in [-0.4, -0.2) is 11.5 Å². The molecule has 1 amide bonds. The van der Waals surface area contributed by atoms with Crippen LogP contribution in [0, 0.1) is 11.6 Å². The van der Waals surface area contributed by atoms with Gasteiger partial charge in [0.2, 0.25) is 0 Å². The zero-order valence-electron chi connectivity index (χ0n) is 16.7. The highest BCUT2D eigenvalue weighted by Gasteiger charge is 2.32. The van der Waals surface area contributed by atoms with E-state index in [1.165, 1.54) is 0 Å². The summed E-state index contributed by atoms with van der Waals surface area (Å²) in [6.45, 7) is 4.38. The molecule has 4 rings (SSSR count). The first kappa shape index (κ1) is 19.9. The van der Waals surface area contributed by atoms with Crippen molar-refractivity contribution in [3.8, 4) is 11.5 Å². The van der Waals surface area contributed by atoms with Gasteiger partial charge in [-0.15, -0.1) is 0 Å². The van der Waals surface area contributed by atoms with E-state index in [-0.39, 0.29) is 11.3 Å². The standard InChI is InChI=1S/C24H21F2NO3/c1-24(2)13-17-4-3-5-21(22(17)30-24)29-14-15-6-8-16(9-7-15)23(28)27-20-12-18(25)10-11-19(20)26/h3-12H,13-14H2,1-2H3,(H,27,28). The lowest BCUT2D eigenvalue weighted by Crippen LogP contribution is -2.24. The molecule has 0 bridgehead atoms. The van der Waals surface area contributed by atoms with Crippen LogP contribution in [0.4, 0.5) is 14.5 Å². The molecule has 0 saturated carbocycles. The fourth-order valence-electron chi connectivity index (χ4n) is 3.40. The number of carbonyl (C=O) groups excluding carboxylic acids is 1. The summed E-state index contributed by atoms with van der Waals surface area (Å²) in [6, 6.07) is 15.5. The van der Waals surface area contributed by atoms with Crippen LogP contribution in [0.2, 0.25) is 0 Å². The summed E-state index contributed by atoms with van der Waals surface area (Å²) < 4.78 is 38.9. The molecule has 3 aromatic rings. The van der Waals surface area contributed by atoms with Crippen LogP contribution < -0.4 is 14.8 Å². The smallest absolute Gasteiger partial charge is 0.255 e. The quantitative estimate of drug-likeness (QED) is 0.605. The first-order chi connectivity index (χ1) is 14.3. The lowest BCUT2D eigenvalue weighted by Gasteiger charge is -2.18. The van der Waals surface area contributed by atoms with Gasteiger partial charge in [0.25, 0.3) is 5.91 Å². The molecule has 1 heterocycles. The largest absolute Gasteiger partial charge is 0.485 e. The van der Waals surface area contributed by atoms with E-state index in [0.717, 1.165) is 41.5 Å². The van der Waals surface area contributed by atoms with Crippen molar-refractivity contribution < 1.29 is 23.0 Å². The maximum atomic E-state index is 13.7. The van der Waals surface area contributed by atoms with Gasteiger partial charge in [0.15, 0.2) is 11.5 Å². The molecule has 154 valence electrons. The second-order valence-corrected chi connectivity index (χ2v) is 7.85. The van der Waals surface area contributed by atoms with Gasteiger partial charge < -0.3 is 14.8 Å². The summed E-state index contributed by atoms with van der Waals surface area (Å²) in [5.74, 6) is -0.393. The van der Waals surface area contributed by atoms with Crippen molar-refractivity contribution in [3.63, 3.8) is 0 Å². The molecule has 1 aliphatic heterocycles. The fraction of sp³-hybridized carbons (Fsp3) is 0.208. The SMILES string of the molecule is CC1(C)Cc2cccc(OCc3ccc(C(=O)Nc4cc(F)ccc4F)cc3)c2O1. The van der Waals surface area contributed by atoms with Crippen LogP contribution in [0.1, 0.15) is 35.3 Å². The van der Waals surface area contributed by atoms with Crippen molar-refractivity contribution in [1.82, 2.24) is 0 Å². The number of halogens is 2. The highest BCUT2D eigenvalue weighted by atomic mass is 19.1. The number of benzene rings is 3. The van der Waals surface area contributed by atoms with Crippen molar-refractivity contribution in [2.24, 2.45) is 0 Å². The van der Waals surface area contributed by atoms with Crippen molar-refractivity contribution in [1.29, 1.82) is 0 Å². The van der Waals surface area contributed by atoms with E-state index >= 15 is 0 Å². The Morgan fingerprint density at radius 2 is 1.87 bits per heavy atom. The summed E-state index contributed by atoms with van der Waals surface area (Å²) in [4.78, 5) is 12.3. The lowest BCUT2D eigenvalue weighted by molar-refractivity contribution is 0.102. The minimum Gasteiger partial charge on any atom is -0.485 e. The van der Waals surface area contributed by atoms with E-state index in [1.807, 2.05) is 32.0 Å². The topological polar surface area (TPSA) is 47.6 Å². The zero-order valence-corrected chi connectivity index (χ0v) is 16.7. The monoisotopic (exact) mass is 409 g/mol. The second-order valence-electron chi connectivity index (χ2n) is 7.85. The van der Waals surface area contributed by atoms with Gasteiger partial charge in [-0.3, -0.25) is 4.79 Å². The first-order valence-corrected chi connectivity index (χ1v) is 9.60. The van der Waals surface area contributed by atoms with Crippen LogP contribution in [0.25, 0.3) is 0 Å². The van der Waals surface area contributed by atoms with Crippen LogP contribution in [0.5, 0.6) is 11.5 Å². The van der Waals surface area contributed by atoms with Crippen LogP contribution >= 0.6 is 0 Å². The van der Waals surface area contributed by atoms with Crippen molar-refractivity contribution in [2.75, 3.05) is 5.32 Å². The average Bonchev–Trinajstić information content (AvgIpc) is 3.04. The molecule has 0 atom stereocenters. The average molecular weight is 409 g/mol. The molecule has 6 heteroatoms. The predicted molar refractivity (Wildman–Crippen MR) is 110 cm³/mol. The molecule has 4 nitrogen and oxygen atoms in total. The molecular formula is C24H21F2NO3. The third kappa shape index (κ3) is 4.27. The number of hydrogen-bond donors (Lipinski definition) is 1. The first-order valence-electron chi connectivity index (χ1n) is 9.60. The van der Waals surface area contributed by atoms with Crippen LogP contribution in [-0.2, 0) is 13.0 Å². The van der Waals surface area contributed by atoms with Crippen LogP contribution in [0.15, 0.2) is 60.7 Å². The van der Waals surface area contributed by atoms with Gasteiger partial charge >= 0.3 is 0 Å². The second kappa shape index (κ2) is 7.78. The summed E-state index contributed by atoms with van der Waals surface area (Å²) in [7, 11) is 0. The van der Waals surface area contributed by atoms with Crippen molar-refractivity contribution in [3.05, 3.63) is 89.0 Å². The number of amides is 1. The van der Waals surface area contributed by atoms with Crippen LogP contribution in [0.3, 0.4) is 0 Å². The number of anilines is 1. The molecule has 0 aromatic heterocycles. The summed E-state index contributed by atoms with van der Waals surface area (Å²) in [5.41, 5.74) is 1.85. The minimum absolute atomic E-state index is 0.201. The molecule has 30 heavy (non-hydrogen) atoms. The fourth-order valence-corrected chi connectivity index (χ4v) is 3.40. The number of rotatable bonds is 5. The molecule has 0 saturated heterocycles. The molecule has 0 unspecified atom stereocenters. The van der Waals surface area contributed by atoms with Gasteiger partial charge in [-0.1, -0.05) is 24.3 Å². The van der Waals surface area contributed by atoms with Gasteiger partial charge in [-0.25, -0.2) is 8.78 Å². The van der Waals surface area contributed by atoms with Gasteiger partial charge in [-0.2, -0.15) is 0 Å². The van der Waals surface area contributed by atoms with Gasteiger partial charge in [0.05, 0.1) is 5.69 Å². The Hall–Kier alpha value is -3.41. The molecule has 0 fully saturated rings. The van der Waals surface area contributed by atoms with Gasteiger partial charge in [-0.05, 0) is 49.7 Å². The Kier molecular flexibility index (Phi) is 5.16. The molecule has 3 aromatic carbocycles. The zero-order chi connectivity index (χ0) is 21.3. The number of ether oxygens (including phenoxy) is 2. The normalized spacial score (nSPS) is 14.0. The van der Waals surface area contributed by atoms with E-state index in [4.69, 9.17) is 9.47 Å². The van der Waals surface area contributed by atoms with Gasteiger partial charge in [0, 0.05) is 23.6 Å². The number of fused-ring (bicyclic) bond motifs is 1.